The predicted molar refractivity (Wildman–Crippen MR) is 111 cm³/mol. The van der Waals surface area contributed by atoms with Crippen LogP contribution in [0.4, 0.5) is 0 Å². The number of thiophene rings is 2. The minimum atomic E-state index is -0.122. The smallest absolute Gasteiger partial charge is 0.275 e. The van der Waals surface area contributed by atoms with Gasteiger partial charge in [0.2, 0.25) is 0 Å². The van der Waals surface area contributed by atoms with Crippen molar-refractivity contribution in [1.29, 1.82) is 0 Å². The van der Waals surface area contributed by atoms with Crippen LogP contribution in [-0.2, 0) is 18.6 Å². The normalized spacial score (nSPS) is 14.5. The molecule has 6 heteroatoms. The van der Waals surface area contributed by atoms with E-state index in [-0.39, 0.29) is 11.4 Å². The summed E-state index contributed by atoms with van der Waals surface area (Å²) in [7, 11) is 0. The van der Waals surface area contributed by atoms with Crippen LogP contribution >= 0.6 is 22.7 Å². The van der Waals surface area contributed by atoms with Crippen molar-refractivity contribution in [3.8, 4) is 0 Å². The van der Waals surface area contributed by atoms with E-state index in [1.165, 1.54) is 28.3 Å². The highest BCUT2D eigenvalue weighted by Gasteiger charge is 2.33. The van der Waals surface area contributed by atoms with E-state index in [1.807, 2.05) is 23.1 Å². The Balaban J connectivity index is 1.64. The molecule has 1 aliphatic rings. The zero-order chi connectivity index (χ0) is 19.0. The summed E-state index contributed by atoms with van der Waals surface area (Å²) < 4.78 is 2.06. The first kappa shape index (κ1) is 18.4. The van der Waals surface area contributed by atoms with Crippen molar-refractivity contribution in [3.05, 3.63) is 62.2 Å². The van der Waals surface area contributed by atoms with Gasteiger partial charge >= 0.3 is 0 Å². The molecule has 4 rings (SSSR count). The van der Waals surface area contributed by atoms with Gasteiger partial charge in [-0.25, -0.2) is 0 Å². The molecule has 0 bridgehead atoms. The van der Waals surface area contributed by atoms with Crippen LogP contribution in [0.2, 0.25) is 0 Å². The highest BCUT2D eigenvalue weighted by molar-refractivity contribution is 7.10. The fourth-order valence-electron chi connectivity index (χ4n) is 3.25. The monoisotopic (exact) mass is 399 g/mol. The lowest BCUT2D eigenvalue weighted by molar-refractivity contribution is 0.0725. The first-order valence-electron chi connectivity index (χ1n) is 9.36. The van der Waals surface area contributed by atoms with Gasteiger partial charge in [-0.15, -0.1) is 22.7 Å². The number of hydrogen-bond donors (Lipinski definition) is 0. The predicted octanol–water partition coefficient (Wildman–Crippen LogP) is 5.48. The summed E-state index contributed by atoms with van der Waals surface area (Å²) in [6.45, 7) is 7.69. The molecule has 0 aromatic carbocycles. The van der Waals surface area contributed by atoms with Crippen LogP contribution in [0.5, 0.6) is 0 Å². The first-order chi connectivity index (χ1) is 12.9. The van der Waals surface area contributed by atoms with E-state index in [0.717, 1.165) is 0 Å². The van der Waals surface area contributed by atoms with Crippen molar-refractivity contribution in [3.63, 3.8) is 0 Å². The van der Waals surface area contributed by atoms with Crippen molar-refractivity contribution in [1.82, 2.24) is 14.7 Å². The molecule has 3 aromatic heterocycles. The Morgan fingerprint density at radius 3 is 2.19 bits per heavy atom. The van der Waals surface area contributed by atoms with Crippen LogP contribution in [0.15, 0.2) is 41.1 Å². The Kier molecular flexibility index (Phi) is 4.95. The fourth-order valence-corrected chi connectivity index (χ4v) is 4.69. The van der Waals surface area contributed by atoms with Gasteiger partial charge < -0.3 is 4.90 Å². The molecule has 1 amide bonds. The van der Waals surface area contributed by atoms with Crippen molar-refractivity contribution in [2.75, 3.05) is 0 Å². The van der Waals surface area contributed by atoms with Gasteiger partial charge in [-0.1, -0.05) is 12.1 Å². The van der Waals surface area contributed by atoms with Crippen LogP contribution in [-0.4, -0.2) is 20.6 Å². The molecule has 0 saturated heterocycles. The molecular formula is C21H25N3OS2. The summed E-state index contributed by atoms with van der Waals surface area (Å²) >= 11 is 3.38. The lowest BCUT2D eigenvalue weighted by Crippen LogP contribution is -2.31. The number of carbonyl (C=O) groups is 1. The van der Waals surface area contributed by atoms with E-state index in [0.29, 0.717) is 24.7 Å². The molecule has 1 saturated carbocycles. The molecule has 0 radical (unpaired) electrons. The molecule has 3 heterocycles. The Hall–Kier alpha value is -1.92. The van der Waals surface area contributed by atoms with Crippen molar-refractivity contribution in [2.45, 2.75) is 58.2 Å². The molecule has 0 atom stereocenters. The van der Waals surface area contributed by atoms with Crippen molar-refractivity contribution >= 4 is 28.6 Å². The minimum absolute atomic E-state index is 0.0155. The number of hydrogen-bond acceptors (Lipinski definition) is 4. The highest BCUT2D eigenvalue weighted by atomic mass is 32.1. The van der Waals surface area contributed by atoms with E-state index in [1.54, 1.807) is 22.7 Å². The largest absolute Gasteiger partial charge is 0.327 e. The average molecular weight is 400 g/mol. The molecule has 0 N–H and O–H groups in total. The maximum atomic E-state index is 13.4. The van der Waals surface area contributed by atoms with Crippen LogP contribution < -0.4 is 0 Å². The Morgan fingerprint density at radius 1 is 1.15 bits per heavy atom. The second kappa shape index (κ2) is 7.24. The van der Waals surface area contributed by atoms with E-state index < -0.39 is 0 Å². The molecule has 0 aliphatic heterocycles. The van der Waals surface area contributed by atoms with E-state index >= 15 is 0 Å². The van der Waals surface area contributed by atoms with Gasteiger partial charge in [0.25, 0.3) is 5.91 Å². The standard InChI is InChI=1S/C21H25N3OS2/c1-21(2,3)24-19(15-8-9-15)12-18(22-24)20(25)23(13-16-6-4-10-26-16)14-17-7-5-11-27-17/h4-7,10-12,15H,8-9,13-14H2,1-3H3. The maximum Gasteiger partial charge on any atom is 0.275 e. The van der Waals surface area contributed by atoms with E-state index in [4.69, 9.17) is 5.10 Å². The maximum absolute atomic E-state index is 13.4. The second-order valence-electron chi connectivity index (χ2n) is 8.13. The van der Waals surface area contributed by atoms with Gasteiger partial charge in [0.05, 0.1) is 18.6 Å². The van der Waals surface area contributed by atoms with Crippen molar-refractivity contribution in [2.24, 2.45) is 0 Å². The van der Waals surface area contributed by atoms with E-state index in [2.05, 4.69) is 48.3 Å². The fraction of sp³-hybridized carbons (Fsp3) is 0.429. The second-order valence-corrected chi connectivity index (χ2v) is 10.2. The van der Waals surface area contributed by atoms with Gasteiger partial charge in [0, 0.05) is 21.4 Å². The lowest BCUT2D eigenvalue weighted by Gasteiger charge is -2.23. The van der Waals surface area contributed by atoms with Crippen molar-refractivity contribution < 1.29 is 4.79 Å². The molecular weight excluding hydrogens is 374 g/mol. The average Bonchev–Trinajstić information content (AvgIpc) is 3.07. The first-order valence-corrected chi connectivity index (χ1v) is 11.1. The highest BCUT2D eigenvalue weighted by Crippen LogP contribution is 2.42. The quantitative estimate of drug-likeness (QED) is 0.550. The third kappa shape index (κ3) is 4.17. The zero-order valence-corrected chi connectivity index (χ0v) is 17.6. The van der Waals surface area contributed by atoms with Gasteiger partial charge in [0.1, 0.15) is 0 Å². The molecule has 0 unspecified atom stereocenters. The number of rotatable bonds is 6. The summed E-state index contributed by atoms with van der Waals surface area (Å²) in [5.41, 5.74) is 1.65. The number of aromatic nitrogens is 2. The summed E-state index contributed by atoms with van der Waals surface area (Å²) in [6.07, 6.45) is 2.40. The molecule has 4 nitrogen and oxygen atoms in total. The Morgan fingerprint density at radius 2 is 1.74 bits per heavy atom. The summed E-state index contributed by atoms with van der Waals surface area (Å²) in [5.74, 6) is 0.572. The van der Waals surface area contributed by atoms with E-state index in [9.17, 15) is 4.79 Å². The Labute approximate surface area is 168 Å². The van der Waals surface area contributed by atoms with Crippen LogP contribution in [0.25, 0.3) is 0 Å². The SMILES string of the molecule is CC(C)(C)n1nc(C(=O)N(Cc2cccs2)Cc2cccs2)cc1C1CC1. The van der Waals surface area contributed by atoms with Gasteiger partial charge in [-0.3, -0.25) is 9.48 Å². The Bertz CT molecular complexity index is 864. The molecule has 1 fully saturated rings. The molecule has 142 valence electrons. The van der Waals surface area contributed by atoms with Crippen LogP contribution in [0, 0.1) is 0 Å². The lowest BCUT2D eigenvalue weighted by atomic mass is 10.1. The van der Waals surface area contributed by atoms with Crippen LogP contribution in [0.3, 0.4) is 0 Å². The zero-order valence-electron chi connectivity index (χ0n) is 16.0. The van der Waals surface area contributed by atoms with Crippen LogP contribution in [0.1, 0.15) is 65.5 Å². The van der Waals surface area contributed by atoms with Gasteiger partial charge in [-0.05, 0) is 62.6 Å². The summed E-state index contributed by atoms with van der Waals surface area (Å²) in [4.78, 5) is 17.7. The number of amides is 1. The third-order valence-electron chi connectivity index (χ3n) is 4.73. The molecule has 3 aromatic rings. The number of carbonyl (C=O) groups excluding carboxylic acids is 1. The number of nitrogens with zero attached hydrogens (tertiary/aromatic N) is 3. The molecule has 27 heavy (non-hydrogen) atoms. The summed E-state index contributed by atoms with van der Waals surface area (Å²) in [5, 5.41) is 8.87. The third-order valence-corrected chi connectivity index (χ3v) is 6.45. The summed E-state index contributed by atoms with van der Waals surface area (Å²) in [6, 6.07) is 10.3. The molecule has 1 aliphatic carbocycles. The van der Waals surface area contributed by atoms with Gasteiger partial charge in [-0.2, -0.15) is 5.10 Å². The van der Waals surface area contributed by atoms with Gasteiger partial charge in [0.15, 0.2) is 5.69 Å². The molecule has 0 spiro atoms. The topological polar surface area (TPSA) is 38.1 Å². The minimum Gasteiger partial charge on any atom is -0.327 e.